The Labute approximate surface area is 188 Å². The molecule has 0 bridgehead atoms. The van der Waals surface area contributed by atoms with Crippen molar-refractivity contribution in [1.29, 1.82) is 0 Å². The molecule has 0 radical (unpaired) electrons. The molecule has 164 valence electrons. The van der Waals surface area contributed by atoms with E-state index in [1.807, 2.05) is 24.4 Å². The zero-order valence-corrected chi connectivity index (χ0v) is 19.0. The van der Waals surface area contributed by atoms with Crippen molar-refractivity contribution in [3.8, 4) is 16.9 Å². The third-order valence-electron chi connectivity index (χ3n) is 6.19. The lowest BCUT2D eigenvalue weighted by atomic mass is 9.99. The minimum absolute atomic E-state index is 0.00627. The topological polar surface area (TPSA) is 48.4 Å². The summed E-state index contributed by atoms with van der Waals surface area (Å²) in [6.07, 6.45) is 6.38. The number of nitrogens with one attached hydrogen (secondary N) is 1. The van der Waals surface area contributed by atoms with Gasteiger partial charge in [0.1, 0.15) is 0 Å². The largest absolute Gasteiger partial charge is 0.504 e. The lowest BCUT2D eigenvalue weighted by Crippen LogP contribution is -2.22. The van der Waals surface area contributed by atoms with Crippen LogP contribution in [0.25, 0.3) is 22.0 Å². The third-order valence-corrected chi connectivity index (χ3v) is 6.48. The fourth-order valence-electron chi connectivity index (χ4n) is 4.68. The van der Waals surface area contributed by atoms with Crippen LogP contribution in [0, 0.1) is 11.7 Å². The van der Waals surface area contributed by atoms with Gasteiger partial charge in [-0.3, -0.25) is 4.98 Å². The summed E-state index contributed by atoms with van der Waals surface area (Å²) in [5.41, 5.74) is 4.66. The van der Waals surface area contributed by atoms with Gasteiger partial charge in [-0.2, -0.15) is 0 Å². The van der Waals surface area contributed by atoms with Crippen LogP contribution in [0.1, 0.15) is 31.7 Å². The highest BCUT2D eigenvalue weighted by atomic mass is 35.5. The van der Waals surface area contributed by atoms with E-state index in [4.69, 9.17) is 11.6 Å². The van der Waals surface area contributed by atoms with Gasteiger partial charge in [-0.25, -0.2) is 4.39 Å². The van der Waals surface area contributed by atoms with Crippen molar-refractivity contribution in [2.45, 2.75) is 38.6 Å². The first kappa shape index (κ1) is 21.8. The summed E-state index contributed by atoms with van der Waals surface area (Å²) in [7, 11) is 4.26. The summed E-state index contributed by atoms with van der Waals surface area (Å²) in [6.45, 7) is 3.25. The van der Waals surface area contributed by atoms with Crippen LogP contribution in [-0.4, -0.2) is 41.7 Å². The number of halogens is 2. The Bertz CT molecular complexity index is 1080. The van der Waals surface area contributed by atoms with E-state index >= 15 is 0 Å². The first-order valence-corrected chi connectivity index (χ1v) is 11.2. The zero-order chi connectivity index (χ0) is 22.1. The third kappa shape index (κ3) is 4.63. The second-order valence-corrected chi connectivity index (χ2v) is 9.22. The molecule has 4 nitrogen and oxygen atoms in total. The van der Waals surface area contributed by atoms with Crippen molar-refractivity contribution in [2.24, 2.45) is 5.92 Å². The molecule has 0 saturated heterocycles. The Morgan fingerprint density at radius 2 is 2.00 bits per heavy atom. The van der Waals surface area contributed by atoms with E-state index in [1.54, 1.807) is 6.07 Å². The summed E-state index contributed by atoms with van der Waals surface area (Å²) in [4.78, 5) is 6.90. The minimum atomic E-state index is -0.723. The zero-order valence-electron chi connectivity index (χ0n) is 18.3. The molecule has 0 aliphatic heterocycles. The second-order valence-electron chi connectivity index (χ2n) is 8.82. The van der Waals surface area contributed by atoms with Crippen molar-refractivity contribution in [2.75, 3.05) is 26.0 Å². The quantitative estimate of drug-likeness (QED) is 0.485. The number of aryl methyl sites for hydroxylation is 1. The molecule has 1 aliphatic carbocycles. The van der Waals surface area contributed by atoms with E-state index in [1.165, 1.54) is 18.1 Å². The highest BCUT2D eigenvalue weighted by Gasteiger charge is 2.26. The predicted molar refractivity (Wildman–Crippen MR) is 126 cm³/mol. The van der Waals surface area contributed by atoms with Crippen LogP contribution in [0.2, 0.25) is 5.02 Å². The van der Waals surface area contributed by atoms with Crippen molar-refractivity contribution < 1.29 is 9.50 Å². The number of rotatable bonds is 6. The fourth-order valence-corrected chi connectivity index (χ4v) is 4.88. The monoisotopic (exact) mass is 441 g/mol. The van der Waals surface area contributed by atoms with Crippen LogP contribution in [0.4, 0.5) is 10.1 Å². The molecule has 2 N–H and O–H groups in total. The molecule has 4 rings (SSSR count). The highest BCUT2D eigenvalue weighted by Crippen LogP contribution is 2.37. The summed E-state index contributed by atoms with van der Waals surface area (Å²) in [5.74, 6) is -0.528. The van der Waals surface area contributed by atoms with Crippen molar-refractivity contribution in [3.63, 3.8) is 0 Å². The molecule has 1 aliphatic rings. The molecule has 1 heterocycles. The van der Waals surface area contributed by atoms with Crippen LogP contribution in [0.5, 0.6) is 5.75 Å². The molecule has 3 aromatic rings. The Morgan fingerprint density at radius 1 is 1.19 bits per heavy atom. The van der Waals surface area contributed by atoms with Gasteiger partial charge in [0, 0.05) is 29.9 Å². The number of benzene rings is 2. The number of anilines is 1. The average molecular weight is 442 g/mol. The lowest BCUT2D eigenvalue weighted by molar-refractivity contribution is 0.327. The van der Waals surface area contributed by atoms with Crippen molar-refractivity contribution in [1.82, 2.24) is 9.88 Å². The van der Waals surface area contributed by atoms with Crippen molar-refractivity contribution in [3.05, 3.63) is 52.9 Å². The summed E-state index contributed by atoms with van der Waals surface area (Å²) >= 11 is 6.01. The van der Waals surface area contributed by atoms with Gasteiger partial charge in [-0.05, 0) is 86.7 Å². The molecule has 1 saturated carbocycles. The molecule has 0 spiro atoms. The van der Waals surface area contributed by atoms with E-state index in [-0.39, 0.29) is 5.02 Å². The number of aromatic hydroxyl groups is 1. The van der Waals surface area contributed by atoms with E-state index in [9.17, 15) is 9.50 Å². The first-order valence-electron chi connectivity index (χ1n) is 10.9. The van der Waals surface area contributed by atoms with Gasteiger partial charge in [-0.15, -0.1) is 0 Å². The molecule has 0 amide bonds. The van der Waals surface area contributed by atoms with E-state index in [0.29, 0.717) is 17.5 Å². The number of phenolic OH excluding ortho intramolecular Hbond substituents is 1. The van der Waals surface area contributed by atoms with Crippen LogP contribution >= 0.6 is 11.6 Å². The Kier molecular flexibility index (Phi) is 6.35. The fraction of sp³-hybridized carbons (Fsp3) is 0.400. The summed E-state index contributed by atoms with van der Waals surface area (Å²) in [5, 5.41) is 14.5. The number of hydrogen-bond donors (Lipinski definition) is 2. The van der Waals surface area contributed by atoms with Crippen LogP contribution in [-0.2, 0) is 6.42 Å². The first-order chi connectivity index (χ1) is 14.9. The molecule has 1 aromatic heterocycles. The van der Waals surface area contributed by atoms with E-state index < -0.39 is 11.6 Å². The SMILES string of the molecule is CCc1cnc2ccc(-c3cc(F)c(O)c(Cl)c3)cc2c1N[C@@H]1CC[C@@H](CN(C)C)C1. The van der Waals surface area contributed by atoms with Gasteiger partial charge in [-0.1, -0.05) is 24.6 Å². The molecule has 2 aromatic carbocycles. The Hall–Kier alpha value is -2.37. The molecular weight excluding hydrogens is 413 g/mol. The average Bonchev–Trinajstić information content (AvgIpc) is 3.17. The molecule has 2 atom stereocenters. The van der Waals surface area contributed by atoms with Crippen LogP contribution in [0.15, 0.2) is 36.5 Å². The van der Waals surface area contributed by atoms with Gasteiger partial charge < -0.3 is 15.3 Å². The number of hydrogen-bond acceptors (Lipinski definition) is 4. The minimum Gasteiger partial charge on any atom is -0.504 e. The van der Waals surface area contributed by atoms with E-state index in [2.05, 4.69) is 36.2 Å². The Balaban J connectivity index is 1.71. The molecule has 6 heteroatoms. The molecule has 31 heavy (non-hydrogen) atoms. The predicted octanol–water partition coefficient (Wildman–Crippen LogP) is 6.10. The van der Waals surface area contributed by atoms with Gasteiger partial charge in [0.2, 0.25) is 0 Å². The number of pyridine rings is 1. The maximum absolute atomic E-state index is 14.1. The van der Waals surface area contributed by atoms with Gasteiger partial charge >= 0.3 is 0 Å². The standard InChI is InChI=1S/C25H29ClFN3O/c1-4-16-13-28-23-8-6-17(18-11-21(26)25(31)22(27)12-18)10-20(23)24(16)29-19-7-5-15(9-19)14-30(2)3/h6,8,10-13,15,19,31H,4-5,7,9,14H2,1-3H3,(H,28,29)/t15-,19-/m1/s1. The van der Waals surface area contributed by atoms with Gasteiger partial charge in [0.05, 0.1) is 10.5 Å². The van der Waals surface area contributed by atoms with E-state index in [0.717, 1.165) is 48.0 Å². The number of fused-ring (bicyclic) bond motifs is 1. The molecule has 0 unspecified atom stereocenters. The second kappa shape index (κ2) is 9.01. The maximum atomic E-state index is 14.1. The number of nitrogens with zero attached hydrogens (tertiary/aromatic N) is 2. The van der Waals surface area contributed by atoms with Gasteiger partial charge in [0.25, 0.3) is 0 Å². The van der Waals surface area contributed by atoms with Crippen LogP contribution in [0.3, 0.4) is 0 Å². The normalized spacial score (nSPS) is 18.8. The molecular formula is C25H29ClFN3O. The smallest absolute Gasteiger partial charge is 0.170 e. The van der Waals surface area contributed by atoms with Crippen molar-refractivity contribution >= 4 is 28.2 Å². The number of aromatic nitrogens is 1. The lowest BCUT2D eigenvalue weighted by Gasteiger charge is -2.20. The number of phenols is 1. The molecule has 1 fully saturated rings. The van der Waals surface area contributed by atoms with Gasteiger partial charge in [0.15, 0.2) is 11.6 Å². The highest BCUT2D eigenvalue weighted by molar-refractivity contribution is 6.32. The summed E-state index contributed by atoms with van der Waals surface area (Å²) < 4.78 is 14.1. The summed E-state index contributed by atoms with van der Waals surface area (Å²) in [6, 6.07) is 9.25. The van der Waals surface area contributed by atoms with Crippen LogP contribution < -0.4 is 5.32 Å². The maximum Gasteiger partial charge on any atom is 0.170 e. The Morgan fingerprint density at radius 3 is 2.71 bits per heavy atom.